The minimum absolute atomic E-state index is 0. The van der Waals surface area contributed by atoms with Crippen LogP contribution < -0.4 is 10.6 Å². The first-order valence-electron chi connectivity index (χ1n) is 9.33. The van der Waals surface area contributed by atoms with Gasteiger partial charge in [0, 0.05) is 40.3 Å². The topological polar surface area (TPSA) is 83.0 Å². The zero-order valence-corrected chi connectivity index (χ0v) is 20.3. The molecule has 9 heteroatoms. The van der Waals surface area contributed by atoms with Crippen LogP contribution in [0.4, 0.5) is 0 Å². The third-order valence-electron chi connectivity index (χ3n) is 4.97. The van der Waals surface area contributed by atoms with E-state index in [0.29, 0.717) is 30.4 Å². The molecule has 1 saturated heterocycles. The number of nitrogens with one attached hydrogen (secondary N) is 2. The lowest BCUT2D eigenvalue weighted by Gasteiger charge is -2.31. The van der Waals surface area contributed by atoms with Gasteiger partial charge in [0.1, 0.15) is 0 Å². The summed E-state index contributed by atoms with van der Waals surface area (Å²) in [5.41, 5.74) is -0.269. The molecule has 0 aliphatic carbocycles. The van der Waals surface area contributed by atoms with Crippen molar-refractivity contribution in [3.63, 3.8) is 0 Å². The van der Waals surface area contributed by atoms with Crippen LogP contribution in [0.5, 0.6) is 0 Å². The van der Waals surface area contributed by atoms with Gasteiger partial charge in [-0.15, -0.1) is 24.0 Å². The second kappa shape index (κ2) is 11.3. The van der Waals surface area contributed by atoms with Crippen LogP contribution in [0.2, 0.25) is 0 Å². The molecule has 1 aliphatic heterocycles. The highest BCUT2D eigenvalue weighted by Gasteiger charge is 2.29. The zero-order valence-electron chi connectivity index (χ0n) is 17.1. The van der Waals surface area contributed by atoms with E-state index < -0.39 is 10.0 Å². The van der Waals surface area contributed by atoms with Gasteiger partial charge in [-0.25, -0.2) is 8.42 Å². The van der Waals surface area contributed by atoms with Crippen molar-refractivity contribution in [3.05, 3.63) is 30.3 Å². The van der Waals surface area contributed by atoms with E-state index in [-0.39, 0.29) is 29.6 Å². The lowest BCUT2D eigenvalue weighted by Crippen LogP contribution is -2.47. The van der Waals surface area contributed by atoms with E-state index in [1.54, 1.807) is 42.7 Å². The Morgan fingerprint density at radius 1 is 1.21 bits per heavy atom. The number of benzene rings is 1. The molecule has 1 aromatic rings. The second-order valence-corrected chi connectivity index (χ2v) is 9.37. The maximum absolute atomic E-state index is 12.7. The third-order valence-corrected chi connectivity index (χ3v) is 6.88. The van der Waals surface area contributed by atoms with Crippen LogP contribution in [0.15, 0.2) is 40.2 Å². The van der Waals surface area contributed by atoms with Gasteiger partial charge in [0.25, 0.3) is 0 Å². The molecule has 1 aromatic carbocycles. The Morgan fingerprint density at radius 3 is 2.36 bits per heavy atom. The quantitative estimate of drug-likeness (QED) is 0.325. The number of rotatable bonds is 7. The highest BCUT2D eigenvalue weighted by Crippen LogP contribution is 2.23. The van der Waals surface area contributed by atoms with Crippen LogP contribution >= 0.6 is 24.0 Å². The molecule has 1 fully saturated rings. The molecule has 28 heavy (non-hydrogen) atoms. The molecule has 2 rings (SSSR count). The van der Waals surface area contributed by atoms with Crippen LogP contribution in [0.3, 0.4) is 0 Å². The lowest BCUT2D eigenvalue weighted by atomic mass is 9.98. The molecule has 0 bridgehead atoms. The Kier molecular flexibility index (Phi) is 10.2. The van der Waals surface area contributed by atoms with Crippen LogP contribution in [-0.4, -0.2) is 64.6 Å². The molecular formula is C19H33IN4O3S. The fourth-order valence-corrected chi connectivity index (χ4v) is 4.42. The number of piperidine rings is 1. The third kappa shape index (κ3) is 7.16. The Labute approximate surface area is 186 Å². The fraction of sp³-hybridized carbons (Fsp3) is 0.632. The summed E-state index contributed by atoms with van der Waals surface area (Å²) in [4.78, 5) is 4.60. The number of methoxy groups -OCH3 is 1. The molecule has 0 amide bonds. The highest BCUT2D eigenvalue weighted by atomic mass is 127. The van der Waals surface area contributed by atoms with Gasteiger partial charge >= 0.3 is 0 Å². The fourth-order valence-electron chi connectivity index (χ4n) is 2.93. The van der Waals surface area contributed by atoms with Crippen LogP contribution in [0.1, 0.15) is 26.7 Å². The number of sulfonamides is 1. The van der Waals surface area contributed by atoms with Crippen molar-refractivity contribution in [2.45, 2.75) is 37.2 Å². The highest BCUT2D eigenvalue weighted by molar-refractivity contribution is 14.0. The van der Waals surface area contributed by atoms with E-state index in [0.717, 1.165) is 25.3 Å². The molecule has 1 aliphatic rings. The van der Waals surface area contributed by atoms with Crippen molar-refractivity contribution in [1.29, 1.82) is 0 Å². The Balaban J connectivity index is 0.00000392. The monoisotopic (exact) mass is 524 g/mol. The predicted octanol–water partition coefficient (Wildman–Crippen LogP) is 2.30. The maximum atomic E-state index is 12.7. The molecule has 160 valence electrons. The molecule has 0 spiro atoms. The largest absolute Gasteiger partial charge is 0.377 e. The molecule has 0 atom stereocenters. The summed E-state index contributed by atoms with van der Waals surface area (Å²) in [5, 5.41) is 6.60. The number of nitrogens with zero attached hydrogens (tertiary/aromatic N) is 2. The minimum atomic E-state index is -3.39. The summed E-state index contributed by atoms with van der Waals surface area (Å²) >= 11 is 0. The van der Waals surface area contributed by atoms with Crippen LogP contribution in [0.25, 0.3) is 0 Å². The summed E-state index contributed by atoms with van der Waals surface area (Å²) in [6.45, 7) is 6.54. The summed E-state index contributed by atoms with van der Waals surface area (Å²) in [7, 11) is 0.0435. The van der Waals surface area contributed by atoms with Crippen molar-refractivity contribution in [1.82, 2.24) is 14.9 Å². The van der Waals surface area contributed by atoms with Gasteiger partial charge in [0.2, 0.25) is 10.0 Å². The lowest BCUT2D eigenvalue weighted by molar-refractivity contribution is 0.0268. The van der Waals surface area contributed by atoms with E-state index in [9.17, 15) is 8.42 Å². The molecule has 7 nitrogen and oxygen atoms in total. The van der Waals surface area contributed by atoms with E-state index in [2.05, 4.69) is 15.6 Å². The first-order chi connectivity index (χ1) is 12.8. The number of hydrogen-bond acceptors (Lipinski definition) is 4. The van der Waals surface area contributed by atoms with Crippen molar-refractivity contribution in [2.24, 2.45) is 10.9 Å². The van der Waals surface area contributed by atoms with Gasteiger partial charge in [-0.1, -0.05) is 18.2 Å². The van der Waals surface area contributed by atoms with E-state index >= 15 is 0 Å². The van der Waals surface area contributed by atoms with Gasteiger partial charge in [0.15, 0.2) is 5.96 Å². The van der Waals surface area contributed by atoms with Crippen molar-refractivity contribution >= 4 is 40.0 Å². The van der Waals surface area contributed by atoms with Crippen molar-refractivity contribution in [3.8, 4) is 0 Å². The van der Waals surface area contributed by atoms with E-state index in [1.807, 2.05) is 19.9 Å². The first kappa shape index (κ1) is 25.1. The number of halogens is 1. The summed E-state index contributed by atoms with van der Waals surface area (Å²) < 4.78 is 32.4. The Morgan fingerprint density at radius 2 is 1.82 bits per heavy atom. The van der Waals surface area contributed by atoms with Crippen molar-refractivity contribution < 1.29 is 13.2 Å². The van der Waals surface area contributed by atoms with Gasteiger partial charge in [-0.2, -0.15) is 4.31 Å². The number of aliphatic imine (C=N–C) groups is 1. The minimum Gasteiger partial charge on any atom is -0.377 e. The zero-order chi connectivity index (χ0) is 19.9. The van der Waals surface area contributed by atoms with E-state index in [1.165, 1.54) is 0 Å². The van der Waals surface area contributed by atoms with Crippen LogP contribution in [-0.2, 0) is 14.8 Å². The first-order valence-corrected chi connectivity index (χ1v) is 10.8. The maximum Gasteiger partial charge on any atom is 0.243 e. The molecule has 2 N–H and O–H groups in total. The average molecular weight is 524 g/mol. The SMILES string of the molecule is CN=C(NCC1CCN(S(=O)(=O)c2ccccc2)CC1)NCC(C)(C)OC.I. The van der Waals surface area contributed by atoms with E-state index in [4.69, 9.17) is 4.74 Å². The molecule has 0 aromatic heterocycles. The van der Waals surface area contributed by atoms with Gasteiger partial charge < -0.3 is 15.4 Å². The number of ether oxygens (including phenoxy) is 1. The van der Waals surface area contributed by atoms with Crippen LogP contribution in [0, 0.1) is 5.92 Å². The summed E-state index contributed by atoms with van der Waals surface area (Å²) in [6, 6.07) is 8.64. The van der Waals surface area contributed by atoms with Gasteiger partial charge in [-0.3, -0.25) is 4.99 Å². The molecule has 0 unspecified atom stereocenters. The number of guanidine groups is 1. The normalized spacial score (nSPS) is 17.1. The molecule has 1 heterocycles. The van der Waals surface area contributed by atoms with Gasteiger partial charge in [-0.05, 0) is 44.7 Å². The molecule has 0 radical (unpaired) electrons. The standard InChI is InChI=1S/C19H32N4O3S.HI/c1-19(2,26-4)15-22-18(20-3)21-14-16-10-12-23(13-11-16)27(24,25)17-8-6-5-7-9-17;/h5-9,16H,10-15H2,1-4H3,(H2,20,21,22);1H. The Hall–Kier alpha value is -0.910. The van der Waals surface area contributed by atoms with Crippen molar-refractivity contribution in [2.75, 3.05) is 40.3 Å². The molecular weight excluding hydrogens is 491 g/mol. The smallest absolute Gasteiger partial charge is 0.243 e. The average Bonchev–Trinajstić information content (AvgIpc) is 2.69. The second-order valence-electron chi connectivity index (χ2n) is 7.43. The summed E-state index contributed by atoms with van der Waals surface area (Å²) in [5.74, 6) is 1.15. The predicted molar refractivity (Wildman–Crippen MR) is 124 cm³/mol. The molecule has 0 saturated carbocycles. The van der Waals surface area contributed by atoms with Gasteiger partial charge in [0.05, 0.1) is 10.5 Å². The Bertz CT molecular complexity index is 718. The number of hydrogen-bond donors (Lipinski definition) is 2. The summed E-state index contributed by atoms with van der Waals surface area (Å²) in [6.07, 6.45) is 1.67.